The maximum Gasteiger partial charge on any atom is 0.273 e. The maximum atomic E-state index is 12.0. The molecule has 2 heterocycles. The zero-order chi connectivity index (χ0) is 16.2. The molecule has 0 saturated heterocycles. The molecule has 1 saturated carbocycles. The van der Waals surface area contributed by atoms with Crippen LogP contribution in [0.5, 0.6) is 0 Å². The summed E-state index contributed by atoms with van der Waals surface area (Å²) in [5, 5.41) is 10.5. The van der Waals surface area contributed by atoms with Crippen molar-refractivity contribution < 1.29 is 13.8 Å². The summed E-state index contributed by atoms with van der Waals surface area (Å²) >= 11 is 0. The fourth-order valence-electron chi connectivity index (χ4n) is 2.78. The highest BCUT2D eigenvalue weighted by Crippen LogP contribution is 2.30. The van der Waals surface area contributed by atoms with Gasteiger partial charge < -0.3 is 14.4 Å². The lowest BCUT2D eigenvalue weighted by Crippen LogP contribution is -2.23. The fourth-order valence-corrected chi connectivity index (χ4v) is 2.78. The van der Waals surface area contributed by atoms with Gasteiger partial charge in [-0.05, 0) is 12.8 Å². The molecule has 23 heavy (non-hydrogen) atoms. The molecule has 2 aromatic heterocycles. The van der Waals surface area contributed by atoms with E-state index in [1.165, 1.54) is 19.3 Å². The van der Waals surface area contributed by atoms with Crippen LogP contribution in [-0.4, -0.2) is 21.2 Å². The number of nitrogens with zero attached hydrogens (tertiary/aromatic N) is 3. The van der Waals surface area contributed by atoms with Crippen LogP contribution in [-0.2, 0) is 6.54 Å². The van der Waals surface area contributed by atoms with Crippen molar-refractivity contribution >= 4 is 5.91 Å². The Hall–Kier alpha value is -2.18. The highest BCUT2D eigenvalue weighted by Gasteiger charge is 2.21. The first-order valence-electron chi connectivity index (χ1n) is 8.20. The molecule has 3 rings (SSSR count). The van der Waals surface area contributed by atoms with Crippen LogP contribution in [0.2, 0.25) is 0 Å². The average molecular weight is 318 g/mol. The van der Waals surface area contributed by atoms with Crippen LogP contribution >= 0.6 is 0 Å². The molecule has 1 aliphatic carbocycles. The van der Waals surface area contributed by atoms with Gasteiger partial charge in [-0.25, -0.2) is 0 Å². The van der Waals surface area contributed by atoms with E-state index in [4.69, 9.17) is 9.05 Å². The van der Waals surface area contributed by atoms with Crippen LogP contribution in [0.1, 0.15) is 85.8 Å². The van der Waals surface area contributed by atoms with Crippen molar-refractivity contribution in [2.75, 3.05) is 0 Å². The molecular formula is C16H22N4O3. The lowest BCUT2D eigenvalue weighted by Gasteiger charge is -2.17. The number of hydrogen-bond acceptors (Lipinski definition) is 6. The van der Waals surface area contributed by atoms with Crippen molar-refractivity contribution in [1.29, 1.82) is 0 Å². The largest absolute Gasteiger partial charge is 0.360 e. The summed E-state index contributed by atoms with van der Waals surface area (Å²) in [6, 6.07) is 1.65. The minimum Gasteiger partial charge on any atom is -0.360 e. The van der Waals surface area contributed by atoms with Crippen molar-refractivity contribution in [3.8, 4) is 0 Å². The van der Waals surface area contributed by atoms with Gasteiger partial charge in [0.25, 0.3) is 5.91 Å². The predicted octanol–water partition coefficient (Wildman–Crippen LogP) is 3.16. The van der Waals surface area contributed by atoms with Crippen molar-refractivity contribution in [2.45, 2.75) is 64.3 Å². The van der Waals surface area contributed by atoms with Crippen molar-refractivity contribution in [3.05, 3.63) is 29.2 Å². The van der Waals surface area contributed by atoms with Crippen LogP contribution in [0.15, 0.2) is 15.1 Å². The van der Waals surface area contributed by atoms with Gasteiger partial charge in [-0.15, -0.1) is 0 Å². The van der Waals surface area contributed by atoms with Crippen LogP contribution in [0.3, 0.4) is 0 Å². The number of aromatic nitrogens is 3. The predicted molar refractivity (Wildman–Crippen MR) is 81.9 cm³/mol. The molecule has 0 radical (unpaired) electrons. The van der Waals surface area contributed by atoms with Crippen LogP contribution in [0, 0.1) is 0 Å². The quantitative estimate of drug-likeness (QED) is 0.910. The van der Waals surface area contributed by atoms with Crippen molar-refractivity contribution in [3.63, 3.8) is 0 Å². The Labute approximate surface area is 134 Å². The molecule has 124 valence electrons. The molecule has 1 aliphatic rings. The van der Waals surface area contributed by atoms with E-state index in [-0.39, 0.29) is 24.1 Å². The molecule has 1 fully saturated rings. The van der Waals surface area contributed by atoms with Crippen molar-refractivity contribution in [2.24, 2.45) is 0 Å². The molecule has 1 N–H and O–H groups in total. The van der Waals surface area contributed by atoms with Gasteiger partial charge in [0.05, 0.1) is 6.54 Å². The Morgan fingerprint density at radius 1 is 1.26 bits per heavy atom. The maximum absolute atomic E-state index is 12.0. The van der Waals surface area contributed by atoms with E-state index in [1.807, 2.05) is 13.8 Å². The Morgan fingerprint density at radius 2 is 2.04 bits per heavy atom. The van der Waals surface area contributed by atoms with Crippen LogP contribution in [0.25, 0.3) is 0 Å². The number of carbonyl (C=O) groups is 1. The lowest BCUT2D eigenvalue weighted by atomic mass is 9.89. The minimum absolute atomic E-state index is 0.193. The third-order valence-electron chi connectivity index (χ3n) is 4.18. The van der Waals surface area contributed by atoms with E-state index in [9.17, 15) is 4.79 Å². The van der Waals surface area contributed by atoms with E-state index in [0.29, 0.717) is 17.6 Å². The summed E-state index contributed by atoms with van der Waals surface area (Å²) in [7, 11) is 0. The Bertz CT molecular complexity index is 656. The Morgan fingerprint density at radius 3 is 2.74 bits per heavy atom. The first-order valence-corrected chi connectivity index (χ1v) is 8.20. The van der Waals surface area contributed by atoms with Gasteiger partial charge >= 0.3 is 0 Å². The molecule has 0 atom stereocenters. The molecule has 0 unspecified atom stereocenters. The Kier molecular flexibility index (Phi) is 4.73. The molecule has 0 aromatic carbocycles. The second-order valence-corrected chi connectivity index (χ2v) is 6.33. The number of rotatable bonds is 5. The molecular weight excluding hydrogens is 296 g/mol. The molecule has 7 heteroatoms. The zero-order valence-electron chi connectivity index (χ0n) is 13.5. The van der Waals surface area contributed by atoms with E-state index in [1.54, 1.807) is 6.07 Å². The molecule has 7 nitrogen and oxygen atoms in total. The summed E-state index contributed by atoms with van der Waals surface area (Å²) in [5.41, 5.74) is 0.265. The SMILES string of the molecule is CC(C)c1cc(C(=O)NCc2nc(C3CCCCC3)no2)no1. The molecule has 0 aliphatic heterocycles. The highest BCUT2D eigenvalue weighted by molar-refractivity contribution is 5.92. The summed E-state index contributed by atoms with van der Waals surface area (Å²) < 4.78 is 10.3. The standard InChI is InChI=1S/C16H22N4O3/c1-10(2)13-8-12(19-22-13)16(21)17-9-14-18-15(20-23-14)11-6-4-3-5-7-11/h8,10-11H,3-7,9H2,1-2H3,(H,17,21). The van der Waals surface area contributed by atoms with Gasteiger partial charge in [0.2, 0.25) is 5.89 Å². The summed E-state index contributed by atoms with van der Waals surface area (Å²) in [5.74, 6) is 2.15. The van der Waals surface area contributed by atoms with Gasteiger partial charge in [0.15, 0.2) is 11.5 Å². The van der Waals surface area contributed by atoms with Crippen LogP contribution in [0.4, 0.5) is 0 Å². The highest BCUT2D eigenvalue weighted by atomic mass is 16.5. The van der Waals surface area contributed by atoms with E-state index >= 15 is 0 Å². The molecule has 2 aromatic rings. The van der Waals surface area contributed by atoms with E-state index in [2.05, 4.69) is 20.6 Å². The Balaban J connectivity index is 1.55. The number of hydrogen-bond donors (Lipinski definition) is 1. The fraction of sp³-hybridized carbons (Fsp3) is 0.625. The van der Waals surface area contributed by atoms with E-state index < -0.39 is 0 Å². The van der Waals surface area contributed by atoms with Gasteiger partial charge in [0.1, 0.15) is 5.76 Å². The third-order valence-corrected chi connectivity index (χ3v) is 4.18. The summed E-state index contributed by atoms with van der Waals surface area (Å²) in [6.45, 7) is 4.16. The average Bonchev–Trinajstić information content (AvgIpc) is 3.23. The third kappa shape index (κ3) is 3.78. The number of amides is 1. The summed E-state index contributed by atoms with van der Waals surface area (Å²) in [6.07, 6.45) is 5.95. The van der Waals surface area contributed by atoms with Crippen LogP contribution < -0.4 is 5.32 Å². The second-order valence-electron chi connectivity index (χ2n) is 6.33. The van der Waals surface area contributed by atoms with E-state index in [0.717, 1.165) is 18.7 Å². The topological polar surface area (TPSA) is 94.1 Å². The molecule has 1 amide bonds. The van der Waals surface area contributed by atoms with Gasteiger partial charge in [-0.1, -0.05) is 43.4 Å². The number of nitrogens with one attached hydrogen (secondary N) is 1. The first kappa shape index (κ1) is 15.7. The number of carbonyl (C=O) groups excluding carboxylic acids is 1. The van der Waals surface area contributed by atoms with Crippen molar-refractivity contribution in [1.82, 2.24) is 20.6 Å². The second kappa shape index (κ2) is 6.93. The smallest absolute Gasteiger partial charge is 0.273 e. The van der Waals surface area contributed by atoms with Gasteiger partial charge in [-0.2, -0.15) is 4.98 Å². The normalized spacial score (nSPS) is 16.0. The van der Waals surface area contributed by atoms with Gasteiger partial charge in [-0.3, -0.25) is 4.79 Å². The molecule has 0 bridgehead atoms. The zero-order valence-corrected chi connectivity index (χ0v) is 13.5. The molecule has 0 spiro atoms. The minimum atomic E-state index is -0.307. The monoisotopic (exact) mass is 318 g/mol. The lowest BCUT2D eigenvalue weighted by molar-refractivity contribution is 0.0937. The summed E-state index contributed by atoms with van der Waals surface area (Å²) in [4.78, 5) is 16.4. The first-order chi connectivity index (χ1) is 11.1. The van der Waals surface area contributed by atoms with Gasteiger partial charge in [0, 0.05) is 17.9 Å².